The molecule has 0 amide bonds. The second-order valence-electron chi connectivity index (χ2n) is 4.50. The quantitative estimate of drug-likeness (QED) is 0.603. The fourth-order valence-electron chi connectivity index (χ4n) is 2.11. The van der Waals surface area contributed by atoms with Crippen molar-refractivity contribution < 1.29 is 9.53 Å². The third kappa shape index (κ3) is 3.47. The van der Waals surface area contributed by atoms with E-state index < -0.39 is 0 Å². The number of ether oxygens (including phenoxy) is 1. The summed E-state index contributed by atoms with van der Waals surface area (Å²) in [5.74, 6) is 0.874. The van der Waals surface area contributed by atoms with Gasteiger partial charge in [-0.15, -0.1) is 21.5 Å². The van der Waals surface area contributed by atoms with E-state index in [1.54, 1.807) is 18.3 Å². The van der Waals surface area contributed by atoms with Crippen molar-refractivity contribution in [3.63, 3.8) is 0 Å². The molecule has 2 aromatic rings. The minimum atomic E-state index is -0.229. The number of hydrogen-bond donors (Lipinski definition) is 0. The molecule has 5 nitrogen and oxygen atoms in total. The van der Waals surface area contributed by atoms with E-state index in [1.807, 2.05) is 11.6 Å². The standard InChI is InChI=1S/C14H19N3O2S2/c1-5-10-9(3)20-7-11(10)13-15-16-14(17(13)4)21-8-12(18)19-6-2/h7H,5-6,8H2,1-4H3. The summed E-state index contributed by atoms with van der Waals surface area (Å²) >= 11 is 3.08. The predicted molar refractivity (Wildman–Crippen MR) is 85.8 cm³/mol. The molecule has 2 heterocycles. The topological polar surface area (TPSA) is 57.0 Å². The van der Waals surface area contributed by atoms with Crippen LogP contribution in [-0.2, 0) is 23.0 Å². The lowest BCUT2D eigenvalue weighted by atomic mass is 10.1. The fourth-order valence-corrected chi connectivity index (χ4v) is 3.76. The monoisotopic (exact) mass is 325 g/mol. The Hall–Kier alpha value is -1.34. The fraction of sp³-hybridized carbons (Fsp3) is 0.500. The Morgan fingerprint density at radius 3 is 2.86 bits per heavy atom. The zero-order valence-electron chi connectivity index (χ0n) is 12.7. The van der Waals surface area contributed by atoms with Crippen molar-refractivity contribution in [3.05, 3.63) is 15.8 Å². The van der Waals surface area contributed by atoms with Gasteiger partial charge in [0, 0.05) is 22.9 Å². The third-order valence-electron chi connectivity index (χ3n) is 3.16. The zero-order chi connectivity index (χ0) is 15.4. The number of thiophene rings is 1. The highest BCUT2D eigenvalue weighted by molar-refractivity contribution is 7.99. The van der Waals surface area contributed by atoms with Crippen LogP contribution in [0.3, 0.4) is 0 Å². The maximum Gasteiger partial charge on any atom is 0.316 e. The molecule has 0 saturated carbocycles. The average Bonchev–Trinajstić information content (AvgIpc) is 3.00. The Bertz CT molecular complexity index is 634. The number of carbonyl (C=O) groups excluding carboxylic acids is 1. The van der Waals surface area contributed by atoms with Crippen molar-refractivity contribution >= 4 is 29.1 Å². The van der Waals surface area contributed by atoms with Gasteiger partial charge in [0.1, 0.15) is 0 Å². The molecule has 2 aromatic heterocycles. The molecule has 0 atom stereocenters. The molecule has 21 heavy (non-hydrogen) atoms. The van der Waals surface area contributed by atoms with Gasteiger partial charge in [0.05, 0.1) is 12.4 Å². The molecule has 2 rings (SSSR count). The number of hydrogen-bond acceptors (Lipinski definition) is 6. The van der Waals surface area contributed by atoms with Crippen LogP contribution in [0.15, 0.2) is 10.5 Å². The van der Waals surface area contributed by atoms with Gasteiger partial charge in [0.15, 0.2) is 11.0 Å². The summed E-state index contributed by atoms with van der Waals surface area (Å²) in [4.78, 5) is 12.7. The molecule has 0 aliphatic rings. The molecule has 114 valence electrons. The normalized spacial score (nSPS) is 10.9. The van der Waals surface area contributed by atoms with Crippen molar-refractivity contribution in [3.8, 4) is 11.4 Å². The summed E-state index contributed by atoms with van der Waals surface area (Å²) in [6, 6.07) is 0. The first-order valence-electron chi connectivity index (χ1n) is 6.83. The maximum absolute atomic E-state index is 11.4. The molecule has 0 aromatic carbocycles. The Morgan fingerprint density at radius 1 is 1.43 bits per heavy atom. The number of rotatable bonds is 6. The smallest absolute Gasteiger partial charge is 0.316 e. The van der Waals surface area contributed by atoms with Crippen molar-refractivity contribution in [1.29, 1.82) is 0 Å². The highest BCUT2D eigenvalue weighted by atomic mass is 32.2. The zero-order valence-corrected chi connectivity index (χ0v) is 14.3. The van der Waals surface area contributed by atoms with Gasteiger partial charge in [-0.25, -0.2) is 0 Å². The lowest BCUT2D eigenvalue weighted by molar-refractivity contribution is -0.139. The molecule has 0 bridgehead atoms. The first-order valence-corrected chi connectivity index (χ1v) is 8.70. The molecular formula is C14H19N3O2S2. The third-order valence-corrected chi connectivity index (χ3v) is 5.10. The van der Waals surface area contributed by atoms with Crippen LogP contribution in [0.4, 0.5) is 0 Å². The number of nitrogens with zero attached hydrogens (tertiary/aromatic N) is 3. The average molecular weight is 325 g/mol. The van der Waals surface area contributed by atoms with Crippen LogP contribution < -0.4 is 0 Å². The summed E-state index contributed by atoms with van der Waals surface area (Å²) in [7, 11) is 1.93. The molecule has 0 spiro atoms. The van der Waals surface area contributed by atoms with Gasteiger partial charge in [-0.2, -0.15) is 0 Å². The number of esters is 1. The van der Waals surface area contributed by atoms with E-state index in [-0.39, 0.29) is 11.7 Å². The first kappa shape index (κ1) is 16.0. The molecule has 0 fully saturated rings. The molecule has 0 aliphatic carbocycles. The first-order chi connectivity index (χ1) is 10.1. The predicted octanol–water partition coefficient (Wildman–Crippen LogP) is 3.07. The summed E-state index contributed by atoms with van der Waals surface area (Å²) in [5, 5.41) is 11.3. The molecule has 0 radical (unpaired) electrons. The molecule has 0 saturated heterocycles. The summed E-state index contributed by atoms with van der Waals surface area (Å²) in [6.45, 7) is 6.47. The van der Waals surface area contributed by atoms with Crippen molar-refractivity contribution in [2.75, 3.05) is 12.4 Å². The molecule has 7 heteroatoms. The van der Waals surface area contributed by atoms with E-state index >= 15 is 0 Å². The lowest BCUT2D eigenvalue weighted by Crippen LogP contribution is -2.07. The Balaban J connectivity index is 2.18. The van der Waals surface area contributed by atoms with Crippen molar-refractivity contribution in [2.45, 2.75) is 32.3 Å². The largest absolute Gasteiger partial charge is 0.465 e. The number of aryl methyl sites for hydroxylation is 1. The Morgan fingerprint density at radius 2 is 2.19 bits per heavy atom. The summed E-state index contributed by atoms with van der Waals surface area (Å²) < 4.78 is 6.85. The lowest BCUT2D eigenvalue weighted by Gasteiger charge is -2.05. The molecule has 0 unspecified atom stereocenters. The molecule has 0 N–H and O–H groups in total. The van der Waals surface area contributed by atoms with Crippen molar-refractivity contribution in [2.24, 2.45) is 7.05 Å². The van der Waals surface area contributed by atoms with Gasteiger partial charge in [-0.3, -0.25) is 4.79 Å². The molecule has 0 aliphatic heterocycles. The van der Waals surface area contributed by atoms with Crippen LogP contribution in [0.2, 0.25) is 0 Å². The van der Waals surface area contributed by atoms with Crippen LogP contribution in [0.5, 0.6) is 0 Å². The number of thioether (sulfide) groups is 1. The Labute approximate surface area is 132 Å². The van der Waals surface area contributed by atoms with E-state index in [2.05, 4.69) is 29.4 Å². The van der Waals surface area contributed by atoms with Gasteiger partial charge in [-0.05, 0) is 25.8 Å². The van der Waals surface area contributed by atoms with Crippen LogP contribution in [-0.4, -0.2) is 33.1 Å². The van der Waals surface area contributed by atoms with E-state index in [9.17, 15) is 4.79 Å². The van der Waals surface area contributed by atoms with Gasteiger partial charge >= 0.3 is 5.97 Å². The minimum absolute atomic E-state index is 0.229. The van der Waals surface area contributed by atoms with E-state index in [4.69, 9.17) is 4.74 Å². The van der Waals surface area contributed by atoms with Crippen LogP contribution in [0, 0.1) is 6.92 Å². The Kier molecular flexibility index (Phi) is 5.41. The summed E-state index contributed by atoms with van der Waals surface area (Å²) in [5.41, 5.74) is 2.45. The second kappa shape index (κ2) is 7.09. The van der Waals surface area contributed by atoms with Crippen LogP contribution >= 0.6 is 23.1 Å². The highest BCUT2D eigenvalue weighted by Gasteiger charge is 2.17. The van der Waals surface area contributed by atoms with Gasteiger partial charge in [0.25, 0.3) is 0 Å². The van der Waals surface area contributed by atoms with Crippen LogP contribution in [0.25, 0.3) is 11.4 Å². The number of carbonyl (C=O) groups is 1. The van der Waals surface area contributed by atoms with Gasteiger partial charge in [-0.1, -0.05) is 18.7 Å². The van der Waals surface area contributed by atoms with E-state index in [0.29, 0.717) is 6.61 Å². The SMILES string of the molecule is CCOC(=O)CSc1nnc(-c2csc(C)c2CC)n1C. The minimum Gasteiger partial charge on any atom is -0.465 e. The maximum atomic E-state index is 11.4. The van der Waals surface area contributed by atoms with Gasteiger partial charge < -0.3 is 9.30 Å². The summed E-state index contributed by atoms with van der Waals surface area (Å²) in [6.07, 6.45) is 0.975. The number of aromatic nitrogens is 3. The van der Waals surface area contributed by atoms with E-state index in [0.717, 1.165) is 23.0 Å². The van der Waals surface area contributed by atoms with Crippen LogP contribution in [0.1, 0.15) is 24.3 Å². The van der Waals surface area contributed by atoms with E-state index in [1.165, 1.54) is 22.2 Å². The van der Waals surface area contributed by atoms with Gasteiger partial charge in [0.2, 0.25) is 0 Å². The highest BCUT2D eigenvalue weighted by Crippen LogP contribution is 2.31. The van der Waals surface area contributed by atoms with Crippen molar-refractivity contribution in [1.82, 2.24) is 14.8 Å². The molecular weight excluding hydrogens is 306 g/mol. The second-order valence-corrected chi connectivity index (χ2v) is 6.52.